The first-order valence-electron chi connectivity index (χ1n) is 8.24. The molecule has 7 nitrogen and oxygen atoms in total. The Morgan fingerprint density at radius 1 is 1.08 bits per heavy atom. The van der Waals surface area contributed by atoms with Gasteiger partial charge in [0.15, 0.2) is 0 Å². The molecule has 1 amide bonds. The van der Waals surface area contributed by atoms with E-state index < -0.39 is 29.7 Å². The van der Waals surface area contributed by atoms with Crippen LogP contribution in [0.4, 0.5) is 0 Å². The summed E-state index contributed by atoms with van der Waals surface area (Å²) in [6.45, 7) is -0.659. The van der Waals surface area contributed by atoms with Crippen LogP contribution in [0.5, 0.6) is 0 Å². The molecule has 1 atom stereocenters. The van der Waals surface area contributed by atoms with Crippen LogP contribution in [0.1, 0.15) is 5.56 Å². The summed E-state index contributed by atoms with van der Waals surface area (Å²) in [7, 11) is 0. The molecular weight excluding hydrogens is 334 g/mol. The van der Waals surface area contributed by atoms with E-state index in [2.05, 4.69) is 10.3 Å². The predicted molar refractivity (Wildman–Crippen MR) is 98.0 cm³/mol. The third-order valence-electron chi connectivity index (χ3n) is 4.10. The molecular formula is C19H19N3O4. The summed E-state index contributed by atoms with van der Waals surface area (Å²) in [5.41, 5.74) is 0.222. The molecule has 0 radical (unpaired) electrons. The van der Waals surface area contributed by atoms with Crippen molar-refractivity contribution in [3.63, 3.8) is 0 Å². The maximum Gasteiger partial charge on any atom is 0.329 e. The van der Waals surface area contributed by atoms with Crippen molar-refractivity contribution in [2.24, 2.45) is 0 Å². The number of fused-ring (bicyclic) bond motifs is 1. The second-order valence-electron chi connectivity index (χ2n) is 6.00. The summed E-state index contributed by atoms with van der Waals surface area (Å²) in [5, 5.41) is 12.5. The van der Waals surface area contributed by atoms with Crippen LogP contribution in [0.25, 0.3) is 10.9 Å². The Balaban J connectivity index is 1.76. The van der Waals surface area contributed by atoms with Crippen LogP contribution in [-0.4, -0.2) is 33.2 Å². The molecule has 3 rings (SSSR count). The van der Waals surface area contributed by atoms with Crippen molar-refractivity contribution in [3.8, 4) is 0 Å². The van der Waals surface area contributed by atoms with Crippen LogP contribution in [0.2, 0.25) is 0 Å². The number of hydrogen-bond acceptors (Lipinski definition) is 4. The quantitative estimate of drug-likeness (QED) is 0.597. The SMILES string of the molecule is O=C(Cn1c(=O)[nH]c2ccccc2c1=O)N[C@@H](CO)Cc1ccccc1. The van der Waals surface area contributed by atoms with Crippen molar-refractivity contribution >= 4 is 16.8 Å². The highest BCUT2D eigenvalue weighted by atomic mass is 16.3. The predicted octanol–water partition coefficient (Wildman–Crippen LogP) is 0.410. The van der Waals surface area contributed by atoms with Crippen molar-refractivity contribution in [2.45, 2.75) is 19.0 Å². The third kappa shape index (κ3) is 3.89. The van der Waals surface area contributed by atoms with E-state index in [1.54, 1.807) is 24.3 Å². The van der Waals surface area contributed by atoms with E-state index in [4.69, 9.17) is 0 Å². The van der Waals surface area contributed by atoms with Crippen molar-refractivity contribution in [1.29, 1.82) is 0 Å². The Bertz CT molecular complexity index is 1020. The number of amides is 1. The molecule has 1 aromatic heterocycles. The molecule has 0 saturated heterocycles. The topological polar surface area (TPSA) is 104 Å². The number of nitrogens with zero attached hydrogens (tertiary/aromatic N) is 1. The minimum Gasteiger partial charge on any atom is -0.394 e. The summed E-state index contributed by atoms with van der Waals surface area (Å²) in [4.78, 5) is 39.4. The van der Waals surface area contributed by atoms with Crippen LogP contribution in [0.15, 0.2) is 64.2 Å². The second kappa shape index (κ2) is 7.79. The first-order chi connectivity index (χ1) is 12.6. The minimum atomic E-state index is -0.646. The molecule has 0 fully saturated rings. The van der Waals surface area contributed by atoms with Crippen LogP contribution in [0, 0.1) is 0 Å². The molecule has 0 aliphatic carbocycles. The highest BCUT2D eigenvalue weighted by Gasteiger charge is 2.15. The van der Waals surface area contributed by atoms with Gasteiger partial charge in [0.25, 0.3) is 5.56 Å². The Morgan fingerprint density at radius 3 is 2.50 bits per heavy atom. The van der Waals surface area contributed by atoms with Crippen molar-refractivity contribution in [2.75, 3.05) is 6.61 Å². The van der Waals surface area contributed by atoms with Crippen LogP contribution in [-0.2, 0) is 17.8 Å². The van der Waals surface area contributed by atoms with Gasteiger partial charge in [-0.2, -0.15) is 0 Å². The average molecular weight is 353 g/mol. The fourth-order valence-corrected chi connectivity index (χ4v) is 2.82. The van der Waals surface area contributed by atoms with Gasteiger partial charge >= 0.3 is 5.69 Å². The van der Waals surface area contributed by atoms with Crippen molar-refractivity contribution in [1.82, 2.24) is 14.9 Å². The van der Waals surface area contributed by atoms with E-state index in [9.17, 15) is 19.5 Å². The van der Waals surface area contributed by atoms with Gasteiger partial charge in [0.05, 0.1) is 23.6 Å². The molecule has 1 heterocycles. The molecule has 26 heavy (non-hydrogen) atoms. The number of hydrogen-bond donors (Lipinski definition) is 3. The first kappa shape index (κ1) is 17.6. The molecule has 3 aromatic rings. The normalized spacial score (nSPS) is 12.0. The number of benzene rings is 2. The summed E-state index contributed by atoms with van der Waals surface area (Å²) < 4.78 is 0.856. The lowest BCUT2D eigenvalue weighted by atomic mass is 10.1. The standard InChI is InChI=1S/C19H19N3O4/c23-12-14(10-13-6-2-1-3-7-13)20-17(24)11-22-18(25)15-8-4-5-9-16(15)21-19(22)26/h1-9,14,23H,10-12H2,(H,20,24)(H,21,26)/t14-/m1/s1. The zero-order valence-corrected chi connectivity index (χ0v) is 14.0. The molecule has 3 N–H and O–H groups in total. The lowest BCUT2D eigenvalue weighted by Gasteiger charge is -2.16. The number of aliphatic hydroxyl groups is 1. The third-order valence-corrected chi connectivity index (χ3v) is 4.10. The maximum atomic E-state index is 12.4. The number of aliphatic hydroxyl groups excluding tert-OH is 1. The largest absolute Gasteiger partial charge is 0.394 e. The van der Waals surface area contributed by atoms with E-state index >= 15 is 0 Å². The summed E-state index contributed by atoms with van der Waals surface area (Å²) in [5.74, 6) is -0.511. The van der Waals surface area contributed by atoms with Gasteiger partial charge in [0.2, 0.25) is 5.91 Å². The lowest BCUT2D eigenvalue weighted by molar-refractivity contribution is -0.122. The number of H-pyrrole nitrogens is 1. The first-order valence-corrected chi connectivity index (χ1v) is 8.24. The number of aromatic amines is 1. The molecule has 134 valence electrons. The lowest BCUT2D eigenvalue weighted by Crippen LogP contribution is -2.45. The van der Waals surface area contributed by atoms with Gasteiger partial charge in [-0.25, -0.2) is 4.79 Å². The fourth-order valence-electron chi connectivity index (χ4n) is 2.82. The number of carbonyl (C=O) groups excluding carboxylic acids is 1. The molecule has 0 aliphatic rings. The number of aromatic nitrogens is 2. The molecule has 2 aromatic carbocycles. The Morgan fingerprint density at radius 2 is 1.77 bits per heavy atom. The Labute approximate surface area is 148 Å². The molecule has 0 saturated carbocycles. The molecule has 0 bridgehead atoms. The summed E-state index contributed by atoms with van der Waals surface area (Å²) >= 11 is 0. The summed E-state index contributed by atoms with van der Waals surface area (Å²) in [6, 6.07) is 15.5. The molecule has 0 spiro atoms. The number of rotatable bonds is 6. The monoisotopic (exact) mass is 353 g/mol. The number of nitrogens with one attached hydrogen (secondary N) is 2. The smallest absolute Gasteiger partial charge is 0.329 e. The van der Waals surface area contributed by atoms with Gasteiger partial charge in [-0.15, -0.1) is 0 Å². The fraction of sp³-hybridized carbons (Fsp3) is 0.211. The van der Waals surface area contributed by atoms with Gasteiger partial charge in [-0.05, 0) is 24.1 Å². The molecule has 7 heteroatoms. The zero-order valence-electron chi connectivity index (χ0n) is 14.0. The zero-order chi connectivity index (χ0) is 18.5. The van der Waals surface area contributed by atoms with Crippen molar-refractivity contribution < 1.29 is 9.90 Å². The molecule has 0 aliphatic heterocycles. The van der Waals surface area contributed by atoms with E-state index in [1.165, 1.54) is 0 Å². The Kier molecular flexibility index (Phi) is 5.28. The summed E-state index contributed by atoms with van der Waals surface area (Å²) in [6.07, 6.45) is 0.450. The van der Waals surface area contributed by atoms with E-state index in [-0.39, 0.29) is 6.61 Å². The van der Waals surface area contributed by atoms with Crippen LogP contribution < -0.4 is 16.6 Å². The second-order valence-corrected chi connectivity index (χ2v) is 6.00. The minimum absolute atomic E-state index is 0.246. The van der Waals surface area contributed by atoms with Crippen LogP contribution >= 0.6 is 0 Å². The average Bonchev–Trinajstić information content (AvgIpc) is 2.65. The van der Waals surface area contributed by atoms with E-state index in [0.717, 1.165) is 10.1 Å². The molecule has 0 unspecified atom stereocenters. The number of para-hydroxylation sites is 1. The Hall–Kier alpha value is -3.19. The highest BCUT2D eigenvalue weighted by Crippen LogP contribution is 2.04. The van der Waals surface area contributed by atoms with Gasteiger partial charge in [-0.3, -0.25) is 14.2 Å². The van der Waals surface area contributed by atoms with Gasteiger partial charge in [0.1, 0.15) is 6.54 Å². The van der Waals surface area contributed by atoms with Gasteiger partial charge < -0.3 is 15.4 Å². The van der Waals surface area contributed by atoms with Crippen LogP contribution in [0.3, 0.4) is 0 Å². The van der Waals surface area contributed by atoms with E-state index in [0.29, 0.717) is 17.3 Å². The number of carbonyl (C=O) groups is 1. The van der Waals surface area contributed by atoms with Gasteiger partial charge in [0, 0.05) is 0 Å². The van der Waals surface area contributed by atoms with Crippen molar-refractivity contribution in [3.05, 3.63) is 81.0 Å². The van der Waals surface area contributed by atoms with E-state index in [1.807, 2.05) is 30.3 Å². The maximum absolute atomic E-state index is 12.4. The van der Waals surface area contributed by atoms with Gasteiger partial charge in [-0.1, -0.05) is 42.5 Å². The highest BCUT2D eigenvalue weighted by molar-refractivity contribution is 5.79.